The lowest BCUT2D eigenvalue weighted by Crippen LogP contribution is -2.35. The van der Waals surface area contributed by atoms with E-state index < -0.39 is 0 Å². The predicted molar refractivity (Wildman–Crippen MR) is 94.9 cm³/mol. The van der Waals surface area contributed by atoms with Gasteiger partial charge in [-0.2, -0.15) is 0 Å². The number of carbonyl (C=O) groups excluding carboxylic acids is 1. The maximum absolute atomic E-state index is 12.7. The van der Waals surface area contributed by atoms with E-state index in [1.807, 2.05) is 25.2 Å². The smallest absolute Gasteiger partial charge is 0.266 e. The minimum atomic E-state index is 0.0120. The van der Waals surface area contributed by atoms with Crippen molar-refractivity contribution in [1.82, 2.24) is 4.90 Å². The van der Waals surface area contributed by atoms with Crippen molar-refractivity contribution in [3.8, 4) is 0 Å². The normalized spacial score (nSPS) is 12.9. The van der Waals surface area contributed by atoms with E-state index in [0.717, 1.165) is 21.0 Å². The summed E-state index contributed by atoms with van der Waals surface area (Å²) >= 11 is 4.92. The van der Waals surface area contributed by atoms with Crippen LogP contribution >= 0.6 is 27.3 Å². The predicted octanol–water partition coefficient (Wildman–Crippen LogP) is 4.75. The maximum atomic E-state index is 12.7. The first kappa shape index (κ1) is 16.3. The zero-order valence-corrected chi connectivity index (χ0v) is 15.2. The van der Waals surface area contributed by atoms with Crippen LogP contribution < -0.4 is 5.73 Å². The molecule has 2 rings (SSSR count). The molecular formula is C16H21BrN2OS. The molecule has 0 aliphatic carbocycles. The number of halogens is 1. The molecule has 1 heterocycles. The molecule has 0 bridgehead atoms. The van der Waals surface area contributed by atoms with E-state index in [1.165, 1.54) is 11.3 Å². The number of hydrogen-bond acceptors (Lipinski definition) is 3. The summed E-state index contributed by atoms with van der Waals surface area (Å²) in [7, 11) is 1.86. The van der Waals surface area contributed by atoms with Gasteiger partial charge in [-0.15, -0.1) is 11.3 Å². The van der Waals surface area contributed by atoms with Gasteiger partial charge in [-0.25, -0.2) is 0 Å². The highest BCUT2D eigenvalue weighted by Crippen LogP contribution is 2.36. The second-order valence-electron chi connectivity index (χ2n) is 5.88. The fourth-order valence-electron chi connectivity index (χ4n) is 2.45. The van der Waals surface area contributed by atoms with Crippen LogP contribution in [0.15, 0.2) is 22.7 Å². The SMILES string of the molecule is CC(C)CC(C)N(C)C(=O)c1sc2cc(Br)ccc2c1N. The van der Waals surface area contributed by atoms with Crippen LogP contribution in [0.2, 0.25) is 0 Å². The van der Waals surface area contributed by atoms with Gasteiger partial charge in [0.25, 0.3) is 5.91 Å². The molecule has 0 aliphatic rings. The molecule has 1 aromatic carbocycles. The van der Waals surface area contributed by atoms with Crippen LogP contribution in [0.4, 0.5) is 5.69 Å². The summed E-state index contributed by atoms with van der Waals surface area (Å²) in [5.41, 5.74) is 6.77. The number of fused-ring (bicyclic) bond motifs is 1. The lowest BCUT2D eigenvalue weighted by molar-refractivity contribution is 0.0734. The molecule has 0 fully saturated rings. The lowest BCUT2D eigenvalue weighted by Gasteiger charge is -2.26. The lowest BCUT2D eigenvalue weighted by atomic mass is 10.0. The minimum absolute atomic E-state index is 0.0120. The molecule has 2 N–H and O–H groups in total. The van der Waals surface area contributed by atoms with Crippen molar-refractivity contribution in [2.45, 2.75) is 33.2 Å². The van der Waals surface area contributed by atoms with Gasteiger partial charge >= 0.3 is 0 Å². The van der Waals surface area contributed by atoms with Crippen LogP contribution in [0.3, 0.4) is 0 Å². The fraction of sp³-hybridized carbons (Fsp3) is 0.438. The van der Waals surface area contributed by atoms with Crippen molar-refractivity contribution >= 4 is 48.9 Å². The third-order valence-corrected chi connectivity index (χ3v) is 5.33. The van der Waals surface area contributed by atoms with Gasteiger partial charge in [0.1, 0.15) is 4.88 Å². The maximum Gasteiger partial charge on any atom is 0.266 e. The number of nitrogens with zero attached hydrogens (tertiary/aromatic N) is 1. The molecule has 0 radical (unpaired) electrons. The molecule has 0 saturated heterocycles. The number of thiophene rings is 1. The highest BCUT2D eigenvalue weighted by atomic mass is 79.9. The van der Waals surface area contributed by atoms with E-state index in [1.54, 1.807) is 4.90 Å². The van der Waals surface area contributed by atoms with Gasteiger partial charge in [-0.1, -0.05) is 35.8 Å². The zero-order chi connectivity index (χ0) is 15.7. The molecule has 1 atom stereocenters. The average molecular weight is 369 g/mol. The van der Waals surface area contributed by atoms with E-state index in [2.05, 4.69) is 36.7 Å². The summed E-state index contributed by atoms with van der Waals surface area (Å²) in [5.74, 6) is 0.573. The quantitative estimate of drug-likeness (QED) is 0.845. The van der Waals surface area contributed by atoms with Gasteiger partial charge in [0.2, 0.25) is 0 Å². The largest absolute Gasteiger partial charge is 0.397 e. The van der Waals surface area contributed by atoms with Crippen LogP contribution in [0, 0.1) is 5.92 Å². The molecule has 1 unspecified atom stereocenters. The third-order valence-electron chi connectivity index (χ3n) is 3.68. The Morgan fingerprint density at radius 3 is 2.67 bits per heavy atom. The second kappa shape index (κ2) is 6.36. The standard InChI is InChI=1S/C16H21BrN2OS/c1-9(2)7-10(3)19(4)16(20)15-14(18)12-6-5-11(17)8-13(12)21-15/h5-6,8-10H,7,18H2,1-4H3. The summed E-state index contributed by atoms with van der Waals surface area (Å²) in [6.45, 7) is 6.41. The highest BCUT2D eigenvalue weighted by molar-refractivity contribution is 9.10. The molecule has 5 heteroatoms. The molecule has 2 aromatic rings. The van der Waals surface area contributed by atoms with Gasteiger partial charge in [0.15, 0.2) is 0 Å². The van der Waals surface area contributed by atoms with E-state index in [-0.39, 0.29) is 11.9 Å². The Hall–Kier alpha value is -1.07. The molecule has 3 nitrogen and oxygen atoms in total. The Morgan fingerprint density at radius 1 is 1.38 bits per heavy atom. The van der Waals surface area contributed by atoms with Gasteiger partial charge < -0.3 is 10.6 Å². The summed E-state index contributed by atoms with van der Waals surface area (Å²) in [6, 6.07) is 6.11. The number of nitrogen functional groups attached to an aromatic ring is 1. The molecule has 0 spiro atoms. The van der Waals surface area contributed by atoms with Crippen LogP contribution in [0.1, 0.15) is 36.9 Å². The number of nitrogens with two attached hydrogens (primary N) is 1. The van der Waals surface area contributed by atoms with E-state index in [9.17, 15) is 4.79 Å². The van der Waals surface area contributed by atoms with Crippen molar-refractivity contribution in [1.29, 1.82) is 0 Å². The van der Waals surface area contributed by atoms with E-state index >= 15 is 0 Å². The zero-order valence-electron chi connectivity index (χ0n) is 12.8. The van der Waals surface area contributed by atoms with Crippen molar-refractivity contribution < 1.29 is 4.79 Å². The van der Waals surface area contributed by atoms with Crippen molar-refractivity contribution in [2.75, 3.05) is 12.8 Å². The summed E-state index contributed by atoms with van der Waals surface area (Å²) in [4.78, 5) is 15.1. The summed E-state index contributed by atoms with van der Waals surface area (Å²) < 4.78 is 2.03. The number of hydrogen-bond donors (Lipinski definition) is 1. The molecule has 0 saturated carbocycles. The number of rotatable bonds is 4. The van der Waals surface area contributed by atoms with Gasteiger partial charge in [0.05, 0.1) is 5.69 Å². The number of anilines is 1. The first-order chi connectivity index (χ1) is 9.81. The highest BCUT2D eigenvalue weighted by Gasteiger charge is 2.23. The Kier molecular flexibility index (Phi) is 4.94. The van der Waals surface area contributed by atoms with Crippen LogP contribution in [0.5, 0.6) is 0 Å². The van der Waals surface area contributed by atoms with Crippen LogP contribution in [-0.4, -0.2) is 23.9 Å². The summed E-state index contributed by atoms with van der Waals surface area (Å²) in [5, 5.41) is 0.955. The number of amides is 1. The second-order valence-corrected chi connectivity index (χ2v) is 7.85. The topological polar surface area (TPSA) is 46.3 Å². The average Bonchev–Trinajstić information content (AvgIpc) is 2.73. The molecule has 1 amide bonds. The Morgan fingerprint density at radius 2 is 2.05 bits per heavy atom. The molecule has 0 aliphatic heterocycles. The Balaban J connectivity index is 2.33. The van der Waals surface area contributed by atoms with E-state index in [4.69, 9.17) is 5.73 Å². The van der Waals surface area contributed by atoms with Crippen LogP contribution in [-0.2, 0) is 0 Å². The Labute approximate surface area is 138 Å². The molecule has 114 valence electrons. The fourth-order valence-corrected chi connectivity index (χ4v) is 4.11. The molecular weight excluding hydrogens is 348 g/mol. The van der Waals surface area contributed by atoms with Crippen molar-refractivity contribution in [3.05, 3.63) is 27.5 Å². The van der Waals surface area contributed by atoms with Crippen molar-refractivity contribution in [3.63, 3.8) is 0 Å². The number of carbonyl (C=O) groups is 1. The van der Waals surface area contributed by atoms with Gasteiger partial charge in [0, 0.05) is 27.6 Å². The first-order valence-electron chi connectivity index (χ1n) is 7.06. The van der Waals surface area contributed by atoms with E-state index in [0.29, 0.717) is 16.5 Å². The molecule has 21 heavy (non-hydrogen) atoms. The third kappa shape index (κ3) is 3.40. The molecule has 1 aromatic heterocycles. The van der Waals surface area contributed by atoms with Gasteiger partial charge in [-0.3, -0.25) is 4.79 Å². The summed E-state index contributed by atoms with van der Waals surface area (Å²) in [6.07, 6.45) is 0.985. The minimum Gasteiger partial charge on any atom is -0.397 e. The van der Waals surface area contributed by atoms with Crippen molar-refractivity contribution in [2.24, 2.45) is 5.92 Å². The van der Waals surface area contributed by atoms with Crippen LogP contribution in [0.25, 0.3) is 10.1 Å². The Bertz CT molecular complexity index is 666. The number of benzene rings is 1. The van der Waals surface area contributed by atoms with Gasteiger partial charge in [-0.05, 0) is 31.4 Å². The monoisotopic (exact) mass is 368 g/mol. The first-order valence-corrected chi connectivity index (χ1v) is 8.67.